The summed E-state index contributed by atoms with van der Waals surface area (Å²) in [4.78, 5) is 19.0. The first-order valence-corrected chi connectivity index (χ1v) is 7.83. The highest BCUT2D eigenvalue weighted by molar-refractivity contribution is 5.87. The minimum Gasteiger partial charge on any atom is -0.342 e. The number of piperidine rings is 1. The second-order valence-electron chi connectivity index (χ2n) is 6.87. The molecule has 1 aliphatic heterocycles. The van der Waals surface area contributed by atoms with Gasteiger partial charge in [-0.3, -0.25) is 9.78 Å². The van der Waals surface area contributed by atoms with Crippen LogP contribution < -0.4 is 5.73 Å². The number of fused-ring (bicyclic) bond motifs is 1. The molecule has 6 heteroatoms. The van der Waals surface area contributed by atoms with Crippen LogP contribution in [0.1, 0.15) is 25.8 Å². The van der Waals surface area contributed by atoms with E-state index in [1.807, 2.05) is 35.2 Å². The Kier molecular flexibility index (Phi) is 7.02. The van der Waals surface area contributed by atoms with Crippen molar-refractivity contribution in [3.05, 3.63) is 42.1 Å². The number of para-hydroxylation sites is 1. The summed E-state index contributed by atoms with van der Waals surface area (Å²) in [5.41, 5.74) is 8.05. The largest absolute Gasteiger partial charge is 0.342 e. The molecule has 1 atom stereocenters. The first kappa shape index (κ1) is 20.7. The van der Waals surface area contributed by atoms with Gasteiger partial charge in [-0.05, 0) is 23.5 Å². The molecule has 1 unspecified atom stereocenters. The number of nitrogens with two attached hydrogens (primary N) is 1. The molecule has 0 aliphatic carbocycles. The van der Waals surface area contributed by atoms with Crippen LogP contribution in [0.2, 0.25) is 0 Å². The van der Waals surface area contributed by atoms with Crippen LogP contribution in [-0.4, -0.2) is 34.9 Å². The van der Waals surface area contributed by atoms with Gasteiger partial charge in [0.05, 0.1) is 11.9 Å². The minimum atomic E-state index is -0.0229. The molecule has 1 aromatic heterocycles. The zero-order valence-electron chi connectivity index (χ0n) is 14.1. The maximum absolute atomic E-state index is 12.7. The number of hydrogen-bond donors (Lipinski definition) is 1. The summed E-state index contributed by atoms with van der Waals surface area (Å²) in [5, 5.41) is 1.08. The van der Waals surface area contributed by atoms with Gasteiger partial charge in [0.25, 0.3) is 0 Å². The zero-order valence-corrected chi connectivity index (χ0v) is 15.7. The molecule has 0 bridgehead atoms. The van der Waals surface area contributed by atoms with Crippen LogP contribution in [0.4, 0.5) is 0 Å². The number of aromatic nitrogens is 1. The van der Waals surface area contributed by atoms with Crippen LogP contribution >= 0.6 is 24.8 Å². The van der Waals surface area contributed by atoms with Crippen molar-refractivity contribution in [3.8, 4) is 0 Å². The molecule has 132 valence electrons. The van der Waals surface area contributed by atoms with Crippen LogP contribution in [-0.2, 0) is 11.2 Å². The Labute approximate surface area is 155 Å². The van der Waals surface area contributed by atoms with Gasteiger partial charge < -0.3 is 10.6 Å². The summed E-state index contributed by atoms with van der Waals surface area (Å²) in [5.74, 6) is 0.165. The number of hydrogen-bond acceptors (Lipinski definition) is 3. The van der Waals surface area contributed by atoms with Gasteiger partial charge in [-0.1, -0.05) is 38.1 Å². The molecule has 1 aliphatic rings. The van der Waals surface area contributed by atoms with E-state index >= 15 is 0 Å². The number of rotatable bonds is 2. The van der Waals surface area contributed by atoms with Crippen LogP contribution in [0.5, 0.6) is 0 Å². The number of carbonyl (C=O) groups excluding carboxylic acids is 1. The van der Waals surface area contributed by atoms with E-state index in [2.05, 4.69) is 18.8 Å². The second kappa shape index (κ2) is 8.15. The van der Waals surface area contributed by atoms with Crippen molar-refractivity contribution < 1.29 is 4.79 Å². The van der Waals surface area contributed by atoms with Crippen LogP contribution in [0, 0.1) is 5.41 Å². The van der Waals surface area contributed by atoms with Gasteiger partial charge in [0.1, 0.15) is 0 Å². The van der Waals surface area contributed by atoms with Crippen LogP contribution in [0.25, 0.3) is 10.9 Å². The average Bonchev–Trinajstić information content (AvgIpc) is 2.50. The van der Waals surface area contributed by atoms with Gasteiger partial charge in [-0.15, -0.1) is 24.8 Å². The summed E-state index contributed by atoms with van der Waals surface area (Å²) in [6.45, 7) is 5.75. The Morgan fingerprint density at radius 1 is 1.29 bits per heavy atom. The Hall–Kier alpha value is -1.36. The highest BCUT2D eigenvalue weighted by atomic mass is 35.5. The summed E-state index contributed by atoms with van der Waals surface area (Å²) in [7, 11) is 0. The van der Waals surface area contributed by atoms with Crippen molar-refractivity contribution in [2.75, 3.05) is 13.1 Å². The highest BCUT2D eigenvalue weighted by Gasteiger charge is 2.35. The Bertz CT molecular complexity index is 700. The van der Waals surface area contributed by atoms with Crippen LogP contribution in [0.3, 0.4) is 0 Å². The standard InChI is InChI=1S/C18H23N3O.2ClH/c1-18(2)12-21(10-8-15(18)19)16(22)11-14-6-3-5-13-7-4-9-20-17(13)14;;/h3-7,9,15H,8,10-12,19H2,1-2H3;2*1H. The monoisotopic (exact) mass is 369 g/mol. The topological polar surface area (TPSA) is 59.2 Å². The molecule has 4 nitrogen and oxygen atoms in total. The molecule has 2 N–H and O–H groups in total. The third kappa shape index (κ3) is 4.18. The SMILES string of the molecule is CC1(C)CN(C(=O)Cc2cccc3cccnc23)CCC1N.Cl.Cl. The third-order valence-corrected chi connectivity index (χ3v) is 4.72. The van der Waals surface area contributed by atoms with Crippen molar-refractivity contribution >= 4 is 41.6 Å². The molecule has 1 amide bonds. The number of nitrogens with zero attached hydrogens (tertiary/aromatic N) is 2. The number of carbonyl (C=O) groups is 1. The molecule has 0 saturated carbocycles. The molecule has 1 fully saturated rings. The van der Waals surface area contributed by atoms with Crippen molar-refractivity contribution in [2.45, 2.75) is 32.7 Å². The molecule has 3 rings (SSSR count). The lowest BCUT2D eigenvalue weighted by Crippen LogP contribution is -2.54. The van der Waals surface area contributed by atoms with Crippen molar-refractivity contribution in [3.63, 3.8) is 0 Å². The molecule has 1 saturated heterocycles. The predicted octanol–water partition coefficient (Wildman–Crippen LogP) is 3.21. The quantitative estimate of drug-likeness (QED) is 0.883. The summed E-state index contributed by atoms with van der Waals surface area (Å²) in [6.07, 6.45) is 3.05. The number of amides is 1. The maximum Gasteiger partial charge on any atom is 0.227 e. The number of halogens is 2. The fourth-order valence-electron chi connectivity index (χ4n) is 3.17. The molecule has 1 aromatic carbocycles. The van der Waals surface area contributed by atoms with Crippen molar-refractivity contribution in [2.24, 2.45) is 11.1 Å². The Morgan fingerprint density at radius 2 is 2.00 bits per heavy atom. The summed E-state index contributed by atoms with van der Waals surface area (Å²) >= 11 is 0. The first-order chi connectivity index (χ1) is 10.5. The van der Waals surface area contributed by atoms with E-state index in [4.69, 9.17) is 5.73 Å². The number of pyridine rings is 1. The second-order valence-corrected chi connectivity index (χ2v) is 6.87. The zero-order chi connectivity index (χ0) is 15.7. The van der Waals surface area contributed by atoms with Crippen molar-refractivity contribution in [1.82, 2.24) is 9.88 Å². The minimum absolute atomic E-state index is 0. The van der Waals surface area contributed by atoms with E-state index in [0.29, 0.717) is 6.42 Å². The summed E-state index contributed by atoms with van der Waals surface area (Å²) < 4.78 is 0. The van der Waals surface area contributed by atoms with Gasteiger partial charge >= 0.3 is 0 Å². The lowest BCUT2D eigenvalue weighted by molar-refractivity contribution is -0.133. The molecule has 0 radical (unpaired) electrons. The first-order valence-electron chi connectivity index (χ1n) is 7.83. The lowest BCUT2D eigenvalue weighted by Gasteiger charge is -2.42. The molecule has 2 heterocycles. The normalized spacial score (nSPS) is 19.3. The van der Waals surface area contributed by atoms with Crippen LogP contribution in [0.15, 0.2) is 36.5 Å². The fraction of sp³-hybridized carbons (Fsp3) is 0.444. The van der Waals surface area contributed by atoms with E-state index in [1.54, 1.807) is 6.20 Å². The molecule has 2 aromatic rings. The Balaban J connectivity index is 0.00000144. The lowest BCUT2D eigenvalue weighted by atomic mass is 9.79. The van der Waals surface area contributed by atoms with Gasteiger partial charge in [0.2, 0.25) is 5.91 Å². The maximum atomic E-state index is 12.7. The molecular formula is C18H25Cl2N3O. The number of likely N-dealkylation sites (tertiary alicyclic amines) is 1. The number of benzene rings is 1. The van der Waals surface area contributed by atoms with E-state index < -0.39 is 0 Å². The van der Waals surface area contributed by atoms with Gasteiger partial charge in [-0.2, -0.15) is 0 Å². The smallest absolute Gasteiger partial charge is 0.227 e. The molecule has 0 spiro atoms. The Morgan fingerprint density at radius 3 is 2.71 bits per heavy atom. The van der Waals surface area contributed by atoms with E-state index in [-0.39, 0.29) is 42.2 Å². The average molecular weight is 370 g/mol. The van der Waals surface area contributed by atoms with E-state index in [1.165, 1.54) is 0 Å². The molecular weight excluding hydrogens is 345 g/mol. The summed E-state index contributed by atoms with van der Waals surface area (Å²) in [6, 6.07) is 10.1. The van der Waals surface area contributed by atoms with E-state index in [0.717, 1.165) is 36.0 Å². The van der Waals surface area contributed by atoms with Crippen molar-refractivity contribution in [1.29, 1.82) is 0 Å². The van der Waals surface area contributed by atoms with Gasteiger partial charge in [0, 0.05) is 30.7 Å². The fourth-order valence-corrected chi connectivity index (χ4v) is 3.17. The highest BCUT2D eigenvalue weighted by Crippen LogP contribution is 2.28. The molecule has 24 heavy (non-hydrogen) atoms. The van der Waals surface area contributed by atoms with Gasteiger partial charge in [0.15, 0.2) is 0 Å². The predicted molar refractivity (Wildman–Crippen MR) is 103 cm³/mol. The van der Waals surface area contributed by atoms with E-state index in [9.17, 15) is 4.79 Å². The third-order valence-electron chi connectivity index (χ3n) is 4.72. The van der Waals surface area contributed by atoms with Gasteiger partial charge in [-0.25, -0.2) is 0 Å².